The minimum atomic E-state index is -3.58. The molecule has 0 amide bonds. The number of benzene rings is 1. The van der Waals surface area contributed by atoms with Gasteiger partial charge in [0.2, 0.25) is 15.0 Å². The fourth-order valence-corrected chi connectivity index (χ4v) is 3.43. The van der Waals surface area contributed by atoms with Crippen molar-refractivity contribution in [2.75, 3.05) is 12.8 Å². The Balaban J connectivity index is 1.87. The number of sulfone groups is 1. The molecule has 0 aliphatic carbocycles. The second kappa shape index (κ2) is 6.27. The van der Waals surface area contributed by atoms with Crippen molar-refractivity contribution in [1.82, 2.24) is 14.9 Å². The smallest absolute Gasteiger partial charge is 0.256 e. The summed E-state index contributed by atoms with van der Waals surface area (Å²) in [5.41, 5.74) is 0.859. The molecule has 9 heteroatoms. The summed E-state index contributed by atoms with van der Waals surface area (Å²) in [7, 11) is -3.58. The van der Waals surface area contributed by atoms with Crippen LogP contribution in [0.3, 0.4) is 0 Å². The average molecular weight is 372 g/mol. The summed E-state index contributed by atoms with van der Waals surface area (Å²) in [5.74, 6) is -0.468. The maximum atomic E-state index is 14.0. The molecule has 6 nitrogen and oxygen atoms in total. The number of halogens is 2. The molecule has 3 rings (SSSR count). The van der Waals surface area contributed by atoms with E-state index in [9.17, 15) is 17.6 Å². The van der Waals surface area contributed by atoms with E-state index in [-0.39, 0.29) is 16.7 Å². The number of rotatable bonds is 3. The lowest BCUT2D eigenvalue weighted by atomic mass is 10.1. The highest BCUT2D eigenvalue weighted by atomic mass is 35.5. The monoisotopic (exact) mass is 371 g/mol. The fourth-order valence-electron chi connectivity index (χ4n) is 2.68. The summed E-state index contributed by atoms with van der Waals surface area (Å²) >= 11 is 5.78. The number of nitrogens with one attached hydrogen (secondary N) is 1. The van der Waals surface area contributed by atoms with E-state index in [0.29, 0.717) is 36.3 Å². The molecule has 128 valence electrons. The molecule has 0 spiro atoms. The number of nitrogens with zero attached hydrogens (tertiary/aromatic N) is 2. The summed E-state index contributed by atoms with van der Waals surface area (Å²) in [4.78, 5) is 20.4. The number of fused-ring (bicyclic) bond motifs is 1. The molecular formula is C15H15ClFN3O3S. The van der Waals surface area contributed by atoms with E-state index >= 15 is 0 Å². The molecule has 1 aliphatic heterocycles. The Hall–Kier alpha value is -1.77. The zero-order chi connectivity index (χ0) is 17.5. The molecule has 1 aliphatic rings. The predicted molar refractivity (Wildman–Crippen MR) is 87.2 cm³/mol. The molecule has 0 radical (unpaired) electrons. The molecule has 0 atom stereocenters. The molecule has 2 heterocycles. The van der Waals surface area contributed by atoms with Crippen LogP contribution in [0.15, 0.2) is 28.2 Å². The van der Waals surface area contributed by atoms with Gasteiger partial charge in [-0.3, -0.25) is 14.7 Å². The van der Waals surface area contributed by atoms with Gasteiger partial charge in [-0.15, -0.1) is 0 Å². The van der Waals surface area contributed by atoms with Gasteiger partial charge in [-0.2, -0.15) is 0 Å². The molecule has 0 saturated heterocycles. The quantitative estimate of drug-likeness (QED) is 0.827. The Morgan fingerprint density at radius 3 is 2.88 bits per heavy atom. The lowest BCUT2D eigenvalue weighted by molar-refractivity contribution is 0.237. The van der Waals surface area contributed by atoms with Gasteiger partial charge in [0.15, 0.2) is 0 Å². The molecule has 1 N–H and O–H groups in total. The number of aromatic nitrogens is 2. The highest BCUT2D eigenvalue weighted by Gasteiger charge is 2.24. The number of H-pyrrole nitrogens is 1. The molecule has 1 aromatic carbocycles. The van der Waals surface area contributed by atoms with E-state index in [1.807, 2.05) is 4.90 Å². The van der Waals surface area contributed by atoms with Crippen LogP contribution < -0.4 is 5.56 Å². The van der Waals surface area contributed by atoms with Crippen LogP contribution in [0.25, 0.3) is 0 Å². The predicted octanol–water partition coefficient (Wildman–Crippen LogP) is 1.52. The molecular weight excluding hydrogens is 357 g/mol. The summed E-state index contributed by atoms with van der Waals surface area (Å²) in [5, 5.41) is -0.261. The second-order valence-corrected chi connectivity index (χ2v) is 8.08. The minimum Gasteiger partial charge on any atom is -0.297 e. The van der Waals surface area contributed by atoms with Crippen molar-refractivity contribution < 1.29 is 12.8 Å². The molecule has 24 heavy (non-hydrogen) atoms. The summed E-state index contributed by atoms with van der Waals surface area (Å²) in [6.07, 6.45) is 1.42. The maximum Gasteiger partial charge on any atom is 0.256 e. The van der Waals surface area contributed by atoms with E-state index < -0.39 is 21.2 Å². The highest BCUT2D eigenvalue weighted by Crippen LogP contribution is 2.22. The van der Waals surface area contributed by atoms with E-state index in [1.54, 1.807) is 12.1 Å². The first kappa shape index (κ1) is 17.1. The van der Waals surface area contributed by atoms with E-state index in [0.717, 1.165) is 6.26 Å². The number of aromatic amines is 1. The fraction of sp³-hybridized carbons (Fsp3) is 0.333. The summed E-state index contributed by atoms with van der Waals surface area (Å²) in [6.45, 7) is 1.12. The Bertz CT molecular complexity index is 959. The number of hydrogen-bond donors (Lipinski definition) is 1. The first-order valence-electron chi connectivity index (χ1n) is 7.23. The molecule has 0 saturated carbocycles. The topological polar surface area (TPSA) is 83.1 Å². The third-order valence-electron chi connectivity index (χ3n) is 3.90. The molecule has 0 unspecified atom stereocenters. The van der Waals surface area contributed by atoms with Crippen LogP contribution in [0.5, 0.6) is 0 Å². The standard InChI is InChI=1S/C15H15ClFN3O3S/c1-24(22,23)15-18-12-5-6-20(8-10(12)14(21)19-15)7-9-3-2-4-11(16)13(9)17/h2-4H,5-8H2,1H3,(H,18,19,21). The van der Waals surface area contributed by atoms with Crippen molar-refractivity contribution in [2.45, 2.75) is 24.7 Å². The zero-order valence-electron chi connectivity index (χ0n) is 12.8. The van der Waals surface area contributed by atoms with Crippen molar-refractivity contribution in [1.29, 1.82) is 0 Å². The molecule has 1 aromatic heterocycles. The molecule has 2 aromatic rings. The SMILES string of the molecule is CS(=O)(=O)c1nc2c(c(=O)[nH]1)CN(Cc1cccc(Cl)c1F)CC2. The van der Waals surface area contributed by atoms with Crippen LogP contribution >= 0.6 is 11.6 Å². The molecule has 0 bridgehead atoms. The second-order valence-electron chi connectivity index (χ2n) is 5.74. The van der Waals surface area contributed by atoms with Gasteiger partial charge in [0.25, 0.3) is 5.56 Å². The molecule has 0 fully saturated rings. The lowest BCUT2D eigenvalue weighted by Crippen LogP contribution is -2.36. The van der Waals surface area contributed by atoms with Crippen LogP contribution in [-0.4, -0.2) is 36.1 Å². The minimum absolute atomic E-state index is 0.0576. The average Bonchev–Trinajstić information content (AvgIpc) is 2.51. The van der Waals surface area contributed by atoms with Gasteiger partial charge in [-0.1, -0.05) is 23.7 Å². The summed E-state index contributed by atoms with van der Waals surface area (Å²) in [6, 6.07) is 4.80. The highest BCUT2D eigenvalue weighted by molar-refractivity contribution is 7.90. The van der Waals surface area contributed by atoms with Gasteiger partial charge in [0.1, 0.15) is 5.82 Å². The van der Waals surface area contributed by atoms with Gasteiger partial charge < -0.3 is 0 Å². The van der Waals surface area contributed by atoms with Gasteiger partial charge in [-0.05, 0) is 6.07 Å². The normalized spacial score (nSPS) is 15.3. The first-order chi connectivity index (χ1) is 11.3. The van der Waals surface area contributed by atoms with Crippen LogP contribution in [-0.2, 0) is 29.3 Å². The van der Waals surface area contributed by atoms with Crippen LogP contribution in [0, 0.1) is 5.82 Å². The third kappa shape index (κ3) is 3.35. The van der Waals surface area contributed by atoms with Crippen molar-refractivity contribution in [3.63, 3.8) is 0 Å². The number of hydrogen-bond acceptors (Lipinski definition) is 5. The summed E-state index contributed by atoms with van der Waals surface area (Å²) < 4.78 is 37.1. The van der Waals surface area contributed by atoms with Crippen LogP contribution in [0.4, 0.5) is 4.39 Å². The Morgan fingerprint density at radius 1 is 1.42 bits per heavy atom. The Labute approximate surface area is 143 Å². The third-order valence-corrected chi connectivity index (χ3v) is 5.09. The van der Waals surface area contributed by atoms with E-state index in [1.165, 1.54) is 6.07 Å². The van der Waals surface area contributed by atoms with Gasteiger partial charge in [-0.25, -0.2) is 17.8 Å². The zero-order valence-corrected chi connectivity index (χ0v) is 14.4. The van der Waals surface area contributed by atoms with E-state index in [2.05, 4.69) is 9.97 Å². The van der Waals surface area contributed by atoms with Gasteiger partial charge in [0, 0.05) is 37.9 Å². The van der Waals surface area contributed by atoms with Crippen LogP contribution in [0.1, 0.15) is 16.8 Å². The van der Waals surface area contributed by atoms with Crippen LogP contribution in [0.2, 0.25) is 5.02 Å². The van der Waals surface area contributed by atoms with Crippen molar-refractivity contribution in [2.24, 2.45) is 0 Å². The lowest BCUT2D eigenvalue weighted by Gasteiger charge is -2.27. The largest absolute Gasteiger partial charge is 0.297 e. The van der Waals surface area contributed by atoms with Crippen molar-refractivity contribution >= 4 is 21.4 Å². The van der Waals surface area contributed by atoms with Gasteiger partial charge >= 0.3 is 0 Å². The van der Waals surface area contributed by atoms with E-state index in [4.69, 9.17) is 11.6 Å². The Morgan fingerprint density at radius 2 is 2.17 bits per heavy atom. The van der Waals surface area contributed by atoms with Crippen molar-refractivity contribution in [3.8, 4) is 0 Å². The first-order valence-corrected chi connectivity index (χ1v) is 9.50. The van der Waals surface area contributed by atoms with Gasteiger partial charge in [0.05, 0.1) is 16.3 Å². The Kier molecular flexibility index (Phi) is 4.46. The maximum absolute atomic E-state index is 14.0. The van der Waals surface area contributed by atoms with Crippen molar-refractivity contribution in [3.05, 3.63) is 56.2 Å².